The first-order valence-corrected chi connectivity index (χ1v) is 29.1. The first kappa shape index (κ1) is 48.3. The third-order valence-electron chi connectivity index (χ3n) is 18.0. The van der Waals surface area contributed by atoms with Gasteiger partial charge in [0.1, 0.15) is 0 Å². The fourth-order valence-corrected chi connectivity index (χ4v) is 14.4. The Morgan fingerprint density at radius 2 is 0.679 bits per heavy atom. The molecule has 0 saturated heterocycles. The zero-order valence-corrected chi connectivity index (χ0v) is 45.5. The van der Waals surface area contributed by atoms with Crippen molar-refractivity contribution in [3.05, 3.63) is 246 Å². The Bertz CT molecular complexity index is 3490. The molecular weight excluding hydrogens is 940 g/mol. The third-order valence-corrected chi connectivity index (χ3v) is 18.0. The van der Waals surface area contributed by atoms with E-state index in [0.717, 1.165) is 0 Å². The molecule has 10 aromatic rings. The molecule has 3 heteroatoms. The molecule has 0 atom stereocenters. The van der Waals surface area contributed by atoms with E-state index in [2.05, 4.69) is 249 Å². The summed E-state index contributed by atoms with van der Waals surface area (Å²) in [6, 6.07) is 84.1. The fourth-order valence-electron chi connectivity index (χ4n) is 14.4. The number of nitrogens with zero attached hydrogens (tertiary/aromatic N) is 2. The topological polar surface area (TPSA) is 6.48 Å². The number of hydrogen-bond acceptors (Lipinski definition) is 2. The summed E-state index contributed by atoms with van der Waals surface area (Å²) in [5, 5.41) is 0. The molecular formula is C75H67BN2. The molecule has 2 heterocycles. The quantitative estimate of drug-likeness (QED) is 0.133. The van der Waals surface area contributed by atoms with Gasteiger partial charge < -0.3 is 9.80 Å². The molecule has 2 nitrogen and oxygen atoms in total. The van der Waals surface area contributed by atoms with Crippen LogP contribution in [0.1, 0.15) is 104 Å². The van der Waals surface area contributed by atoms with Crippen molar-refractivity contribution >= 4 is 57.2 Å². The van der Waals surface area contributed by atoms with E-state index in [1.54, 1.807) is 0 Å². The number of anilines is 6. The average Bonchev–Trinajstić information content (AvgIpc) is 2.75. The lowest BCUT2D eigenvalue weighted by atomic mass is 9.33. The van der Waals surface area contributed by atoms with Gasteiger partial charge in [0.25, 0.3) is 6.71 Å². The van der Waals surface area contributed by atoms with Crippen LogP contribution in [-0.4, -0.2) is 6.71 Å². The third kappa shape index (κ3) is 8.78. The fraction of sp³-hybridized carbons (Fsp3) is 0.200. The molecule has 0 radical (unpaired) electrons. The van der Waals surface area contributed by atoms with Gasteiger partial charge in [0, 0.05) is 34.1 Å². The van der Waals surface area contributed by atoms with Crippen molar-refractivity contribution in [2.45, 2.75) is 96.8 Å². The summed E-state index contributed by atoms with van der Waals surface area (Å²) in [4.78, 5) is 5.40. The molecule has 2 saturated carbocycles. The van der Waals surface area contributed by atoms with Gasteiger partial charge >= 0.3 is 0 Å². The Hall–Kier alpha value is -8.14. The molecule has 0 amide bonds. The van der Waals surface area contributed by atoms with Gasteiger partial charge in [-0.3, -0.25) is 0 Å². The SMILES string of the molecule is Cc1cc(C)c(-c2cc3c4c(c2)N(c2cc(-c5ccccc5)cc(-c5ccccc5)c2)c2cc(C5CCCCC5)ccc2B4c2ccc(C4CCCCC4)cc2N3c2cc(-c3ccccc3)cc(-c3ccccc3)c2)c(C)c1. The number of aryl methyl sites for hydroxylation is 3. The van der Waals surface area contributed by atoms with Crippen molar-refractivity contribution in [1.29, 1.82) is 0 Å². The van der Waals surface area contributed by atoms with Crippen molar-refractivity contribution in [2.24, 2.45) is 0 Å². The van der Waals surface area contributed by atoms with Crippen LogP contribution >= 0.6 is 0 Å². The van der Waals surface area contributed by atoms with Crippen LogP contribution in [0.2, 0.25) is 0 Å². The van der Waals surface area contributed by atoms with E-state index in [-0.39, 0.29) is 6.71 Å². The minimum Gasteiger partial charge on any atom is -0.311 e. The second kappa shape index (κ2) is 20.3. The van der Waals surface area contributed by atoms with Crippen LogP contribution in [0, 0.1) is 20.8 Å². The van der Waals surface area contributed by atoms with Crippen molar-refractivity contribution in [2.75, 3.05) is 9.80 Å². The van der Waals surface area contributed by atoms with Gasteiger partial charge in [-0.2, -0.15) is 0 Å². The van der Waals surface area contributed by atoms with E-state index >= 15 is 0 Å². The Kier molecular flexibility index (Phi) is 12.6. The average molecular weight is 1010 g/mol. The Morgan fingerprint density at radius 1 is 0.321 bits per heavy atom. The number of fused-ring (bicyclic) bond motifs is 4. The van der Waals surface area contributed by atoms with E-state index in [1.807, 2.05) is 0 Å². The van der Waals surface area contributed by atoms with E-state index < -0.39 is 0 Å². The predicted octanol–water partition coefficient (Wildman–Crippen LogP) is 19.1. The molecule has 2 fully saturated rings. The van der Waals surface area contributed by atoms with Crippen molar-refractivity contribution in [3.8, 4) is 55.6 Å². The maximum atomic E-state index is 2.70. The van der Waals surface area contributed by atoms with Gasteiger partial charge in [-0.1, -0.05) is 202 Å². The van der Waals surface area contributed by atoms with Gasteiger partial charge in [-0.05, 0) is 213 Å². The number of benzene rings is 10. The monoisotopic (exact) mass is 1010 g/mol. The van der Waals surface area contributed by atoms with Gasteiger partial charge in [0.2, 0.25) is 0 Å². The minimum atomic E-state index is -0.000581. The molecule has 10 aromatic carbocycles. The summed E-state index contributed by atoms with van der Waals surface area (Å²) < 4.78 is 0. The zero-order valence-electron chi connectivity index (χ0n) is 45.5. The molecule has 2 aliphatic heterocycles. The van der Waals surface area contributed by atoms with Crippen LogP contribution in [-0.2, 0) is 0 Å². The van der Waals surface area contributed by atoms with Crippen LogP contribution < -0.4 is 26.2 Å². The van der Waals surface area contributed by atoms with E-state index in [9.17, 15) is 0 Å². The molecule has 380 valence electrons. The Labute approximate surface area is 463 Å². The van der Waals surface area contributed by atoms with Crippen LogP contribution in [0.15, 0.2) is 218 Å². The van der Waals surface area contributed by atoms with Gasteiger partial charge in [0.15, 0.2) is 0 Å². The highest BCUT2D eigenvalue weighted by Gasteiger charge is 2.45. The molecule has 2 aliphatic carbocycles. The standard InChI is InChI=1S/C75H67BN2/c1-50-38-51(2)74(52(3)39-50)65-48-72-75-73(49-65)78(67-44-63(57-30-18-8-19-31-57)41-64(45-67)58-32-20-9-21-33-58)71-47-60(54-24-12-5-13-25-54)35-37-69(71)76(75)68-36-34-59(53-22-10-4-11-23-53)46-70(68)77(72)66-42-61(55-26-14-6-15-27-55)40-62(43-66)56-28-16-7-17-29-56/h6-9,14-21,26-49,53-54H,4-5,10-13,22-25H2,1-3H3. The predicted molar refractivity (Wildman–Crippen MR) is 334 cm³/mol. The first-order valence-electron chi connectivity index (χ1n) is 29.1. The minimum absolute atomic E-state index is 0.000581. The number of rotatable bonds is 9. The molecule has 0 spiro atoms. The first-order chi connectivity index (χ1) is 38.4. The summed E-state index contributed by atoms with van der Waals surface area (Å²) in [6.45, 7) is 6.88. The van der Waals surface area contributed by atoms with Gasteiger partial charge in [0.05, 0.1) is 0 Å². The highest BCUT2D eigenvalue weighted by Crippen LogP contribution is 2.50. The molecule has 0 N–H and O–H groups in total. The van der Waals surface area contributed by atoms with Crippen molar-refractivity contribution in [3.63, 3.8) is 0 Å². The zero-order chi connectivity index (χ0) is 52.3. The Balaban J connectivity index is 1.11. The smallest absolute Gasteiger partial charge is 0.252 e. The van der Waals surface area contributed by atoms with Crippen LogP contribution in [0.4, 0.5) is 34.1 Å². The van der Waals surface area contributed by atoms with E-state index in [0.29, 0.717) is 11.8 Å². The van der Waals surface area contributed by atoms with Crippen LogP contribution in [0.3, 0.4) is 0 Å². The second-order valence-electron chi connectivity index (χ2n) is 23.1. The largest absolute Gasteiger partial charge is 0.311 e. The lowest BCUT2D eigenvalue weighted by Gasteiger charge is -2.45. The molecule has 78 heavy (non-hydrogen) atoms. The van der Waals surface area contributed by atoms with Crippen LogP contribution in [0.5, 0.6) is 0 Å². The summed E-state index contributed by atoms with van der Waals surface area (Å²) >= 11 is 0. The maximum Gasteiger partial charge on any atom is 0.252 e. The highest BCUT2D eigenvalue weighted by atomic mass is 15.2. The lowest BCUT2D eigenvalue weighted by molar-refractivity contribution is 0.444. The van der Waals surface area contributed by atoms with Crippen molar-refractivity contribution < 1.29 is 0 Å². The van der Waals surface area contributed by atoms with Gasteiger partial charge in [-0.25, -0.2) is 0 Å². The number of hydrogen-bond donors (Lipinski definition) is 0. The normalized spacial score (nSPS) is 15.2. The van der Waals surface area contributed by atoms with Gasteiger partial charge in [-0.15, -0.1) is 0 Å². The summed E-state index contributed by atoms with van der Waals surface area (Å²) in [7, 11) is 0. The van der Waals surface area contributed by atoms with Crippen LogP contribution in [0.25, 0.3) is 55.6 Å². The lowest BCUT2D eigenvalue weighted by Crippen LogP contribution is -2.61. The highest BCUT2D eigenvalue weighted by molar-refractivity contribution is 7.00. The van der Waals surface area contributed by atoms with E-state index in [4.69, 9.17) is 0 Å². The second-order valence-corrected chi connectivity index (χ2v) is 23.1. The summed E-state index contributed by atoms with van der Waals surface area (Å²) in [6.07, 6.45) is 12.8. The maximum absolute atomic E-state index is 2.70. The Morgan fingerprint density at radius 3 is 1.04 bits per heavy atom. The molecule has 0 bridgehead atoms. The molecule has 0 unspecified atom stereocenters. The molecule has 4 aliphatic rings. The summed E-state index contributed by atoms with van der Waals surface area (Å²) in [5.41, 5.74) is 30.7. The molecule has 14 rings (SSSR count). The summed E-state index contributed by atoms with van der Waals surface area (Å²) in [5.74, 6) is 1.09. The van der Waals surface area contributed by atoms with Crippen molar-refractivity contribution in [1.82, 2.24) is 0 Å². The molecule has 0 aromatic heterocycles. The van der Waals surface area contributed by atoms with E-state index in [1.165, 1.54) is 198 Å².